The van der Waals surface area contributed by atoms with Gasteiger partial charge in [-0.15, -0.1) is 0 Å². The van der Waals surface area contributed by atoms with Crippen molar-refractivity contribution >= 4 is 22.5 Å². The number of aromatic hydroxyl groups is 1. The molecule has 1 aliphatic carbocycles. The number of rotatable bonds is 8. The number of carbonyl (C=O) groups is 2. The number of hydrogen-bond donors (Lipinski definition) is 6. The molecular weight excluding hydrogens is 532 g/mol. The fraction of sp³-hybridized carbons (Fsp3) is 0.419. The van der Waals surface area contributed by atoms with Gasteiger partial charge in [-0.2, -0.15) is 0 Å². The van der Waals surface area contributed by atoms with E-state index in [1.807, 2.05) is 30.3 Å². The third kappa shape index (κ3) is 5.53. The van der Waals surface area contributed by atoms with E-state index in [-0.39, 0.29) is 39.9 Å². The third-order valence-corrected chi connectivity index (χ3v) is 8.19. The number of phenols is 1. The van der Waals surface area contributed by atoms with E-state index < -0.39 is 48.0 Å². The molecule has 5 atom stereocenters. The average Bonchev–Trinajstić information content (AvgIpc) is 3.39. The van der Waals surface area contributed by atoms with E-state index in [0.717, 1.165) is 11.6 Å². The van der Waals surface area contributed by atoms with Crippen LogP contribution in [0.5, 0.6) is 11.5 Å². The summed E-state index contributed by atoms with van der Waals surface area (Å²) < 4.78 is 11.7. The van der Waals surface area contributed by atoms with Gasteiger partial charge in [-0.3, -0.25) is 4.79 Å². The number of phenolic OH excluding ortho intramolecular Hbond substituents is 1. The summed E-state index contributed by atoms with van der Waals surface area (Å²) in [6, 6.07) is 13.4. The Bertz CT molecular complexity index is 1450. The highest BCUT2D eigenvalue weighted by molar-refractivity contribution is 6.09. The van der Waals surface area contributed by atoms with Crippen molar-refractivity contribution in [2.45, 2.75) is 81.8 Å². The molecule has 2 fully saturated rings. The number of aliphatic hydroxyl groups excluding tert-OH is 3. The van der Waals surface area contributed by atoms with Gasteiger partial charge in [0, 0.05) is 6.42 Å². The van der Waals surface area contributed by atoms with E-state index in [0.29, 0.717) is 37.7 Å². The second-order valence-corrected chi connectivity index (χ2v) is 11.0. The van der Waals surface area contributed by atoms with Crippen molar-refractivity contribution in [1.82, 2.24) is 0 Å². The van der Waals surface area contributed by atoms with Crippen molar-refractivity contribution < 1.29 is 49.7 Å². The normalized spacial score (nSPS) is 25.7. The lowest BCUT2D eigenvalue weighted by atomic mass is 9.85. The Kier molecular flexibility index (Phi) is 8.04. The molecule has 1 aliphatic heterocycles. The standard InChI is InChI=1S/C31H34O10/c1-16-13-18-14-19(29(37)38)15-21(23(18)24(33)22(16)20(32)10-9-17-7-3-2-4-8-17)40-30-27(36)25(34)26(35)28(41-30)31(39)11-5-6-12-31/h2-4,7-8,13-15,25-28,30,33-36,39H,5-6,9-12H2,1H3,(H,37,38)/t25-,26-,27+,28-,30-/m0/s1. The van der Waals surface area contributed by atoms with Gasteiger partial charge in [0.15, 0.2) is 5.78 Å². The second-order valence-electron chi connectivity index (χ2n) is 11.0. The van der Waals surface area contributed by atoms with E-state index in [1.54, 1.807) is 13.0 Å². The van der Waals surface area contributed by atoms with Crippen LogP contribution < -0.4 is 4.74 Å². The minimum atomic E-state index is -1.77. The lowest BCUT2D eigenvalue weighted by Gasteiger charge is -2.45. The topological polar surface area (TPSA) is 174 Å². The molecule has 3 aromatic carbocycles. The Balaban J connectivity index is 1.53. The van der Waals surface area contributed by atoms with Gasteiger partial charge in [0.2, 0.25) is 6.29 Å². The summed E-state index contributed by atoms with van der Waals surface area (Å²) in [5.74, 6) is -2.23. The fourth-order valence-corrected chi connectivity index (χ4v) is 6.00. The molecule has 6 N–H and O–H groups in total. The number of benzene rings is 3. The quantitative estimate of drug-likeness (QED) is 0.223. The van der Waals surface area contributed by atoms with Gasteiger partial charge in [0.05, 0.1) is 22.1 Å². The maximum atomic E-state index is 13.3. The van der Waals surface area contributed by atoms with Crippen molar-refractivity contribution in [3.63, 3.8) is 0 Å². The highest BCUT2D eigenvalue weighted by Crippen LogP contribution is 2.43. The summed E-state index contributed by atoms with van der Waals surface area (Å²) in [6.45, 7) is 1.64. The van der Waals surface area contributed by atoms with Crippen LogP contribution in [0, 0.1) is 6.92 Å². The molecule has 0 unspecified atom stereocenters. The van der Waals surface area contributed by atoms with Crippen LogP contribution >= 0.6 is 0 Å². The number of carboxylic acid groups (broad SMARTS) is 1. The van der Waals surface area contributed by atoms with Crippen LogP contribution in [0.2, 0.25) is 0 Å². The van der Waals surface area contributed by atoms with Crippen molar-refractivity contribution in [3.05, 3.63) is 70.8 Å². The summed E-state index contributed by atoms with van der Waals surface area (Å²) in [7, 11) is 0. The molecule has 218 valence electrons. The molecule has 10 heteroatoms. The predicted octanol–water partition coefficient (Wildman–Crippen LogP) is 2.86. The molecule has 3 aromatic rings. The molecule has 2 aliphatic rings. The number of carbonyl (C=O) groups excluding carboxylic acids is 1. The van der Waals surface area contributed by atoms with Gasteiger partial charge >= 0.3 is 5.97 Å². The predicted molar refractivity (Wildman–Crippen MR) is 147 cm³/mol. The Morgan fingerprint density at radius 1 is 1.00 bits per heavy atom. The molecule has 10 nitrogen and oxygen atoms in total. The highest BCUT2D eigenvalue weighted by Gasteiger charge is 2.54. The van der Waals surface area contributed by atoms with Crippen molar-refractivity contribution in [2.75, 3.05) is 0 Å². The van der Waals surface area contributed by atoms with Crippen molar-refractivity contribution in [2.24, 2.45) is 0 Å². The zero-order valence-corrected chi connectivity index (χ0v) is 22.6. The van der Waals surface area contributed by atoms with Gasteiger partial charge in [-0.25, -0.2) is 4.79 Å². The van der Waals surface area contributed by atoms with Gasteiger partial charge in [0.25, 0.3) is 0 Å². The van der Waals surface area contributed by atoms with Gasteiger partial charge in [-0.05, 0) is 54.8 Å². The van der Waals surface area contributed by atoms with Crippen LogP contribution in [0.3, 0.4) is 0 Å². The zero-order valence-electron chi connectivity index (χ0n) is 22.6. The van der Waals surface area contributed by atoms with E-state index in [9.17, 15) is 40.2 Å². The molecule has 1 saturated carbocycles. The average molecular weight is 567 g/mol. The van der Waals surface area contributed by atoms with Crippen molar-refractivity contribution in [1.29, 1.82) is 0 Å². The first-order valence-corrected chi connectivity index (χ1v) is 13.7. The van der Waals surface area contributed by atoms with Crippen molar-refractivity contribution in [3.8, 4) is 11.5 Å². The minimum absolute atomic E-state index is 0.0243. The third-order valence-electron chi connectivity index (χ3n) is 8.19. The van der Waals surface area contributed by atoms with Crippen LogP contribution in [0.25, 0.3) is 10.8 Å². The summed E-state index contributed by atoms with van der Waals surface area (Å²) in [5.41, 5.74) is -0.189. The van der Waals surface area contributed by atoms with Gasteiger partial charge in [-0.1, -0.05) is 49.2 Å². The first-order valence-electron chi connectivity index (χ1n) is 13.7. The summed E-state index contributed by atoms with van der Waals surface area (Å²) in [5, 5.41) is 64.4. The van der Waals surface area contributed by atoms with E-state index >= 15 is 0 Å². The Morgan fingerprint density at radius 2 is 1.68 bits per heavy atom. The maximum absolute atomic E-state index is 13.3. The molecule has 0 radical (unpaired) electrons. The number of aliphatic hydroxyl groups is 4. The molecule has 0 aromatic heterocycles. The molecule has 0 amide bonds. The van der Waals surface area contributed by atoms with E-state index in [1.165, 1.54) is 6.07 Å². The Labute approximate surface area is 236 Å². The molecule has 5 rings (SSSR count). The number of aromatic carboxylic acids is 1. The molecule has 1 heterocycles. The molecule has 41 heavy (non-hydrogen) atoms. The molecule has 0 spiro atoms. The Hall–Kier alpha value is -3.54. The van der Waals surface area contributed by atoms with E-state index in [4.69, 9.17) is 9.47 Å². The first-order chi connectivity index (χ1) is 19.5. The Morgan fingerprint density at radius 3 is 2.34 bits per heavy atom. The second kappa shape index (κ2) is 11.4. The monoisotopic (exact) mass is 566 g/mol. The minimum Gasteiger partial charge on any atom is -0.506 e. The number of hydrogen-bond acceptors (Lipinski definition) is 9. The highest BCUT2D eigenvalue weighted by atomic mass is 16.7. The SMILES string of the molecule is Cc1cc2cc(C(=O)O)cc(O[C@H]3O[C@H](C4(O)CCCC4)[C@@H](O)[C@H](O)[C@H]3O)c2c(O)c1C(=O)CCc1ccccc1. The summed E-state index contributed by atoms with van der Waals surface area (Å²) >= 11 is 0. The number of Topliss-reactive ketones (excluding diaryl/α,β-unsaturated/α-hetero) is 1. The first kappa shape index (κ1) is 29.0. The number of aryl methyl sites for hydroxylation is 2. The number of ketones is 1. The van der Waals surface area contributed by atoms with Gasteiger partial charge < -0.3 is 40.1 Å². The number of carboxylic acids is 1. The van der Waals surface area contributed by atoms with E-state index in [2.05, 4.69) is 0 Å². The van der Waals surface area contributed by atoms with Crippen LogP contribution in [0.4, 0.5) is 0 Å². The molecular formula is C31H34O10. The zero-order chi connectivity index (χ0) is 29.5. The summed E-state index contributed by atoms with van der Waals surface area (Å²) in [4.78, 5) is 25.2. The van der Waals surface area contributed by atoms with Crippen LogP contribution in [0.15, 0.2) is 48.5 Å². The van der Waals surface area contributed by atoms with Crippen LogP contribution in [0.1, 0.15) is 63.9 Å². The largest absolute Gasteiger partial charge is 0.506 e. The fourth-order valence-electron chi connectivity index (χ4n) is 6.00. The number of ether oxygens (including phenoxy) is 2. The molecule has 1 saturated heterocycles. The number of fused-ring (bicyclic) bond motifs is 1. The smallest absolute Gasteiger partial charge is 0.335 e. The van der Waals surface area contributed by atoms with Gasteiger partial charge in [0.1, 0.15) is 35.9 Å². The molecule has 0 bridgehead atoms. The van der Waals surface area contributed by atoms with Crippen LogP contribution in [-0.2, 0) is 11.2 Å². The maximum Gasteiger partial charge on any atom is 0.335 e. The lowest BCUT2D eigenvalue weighted by molar-refractivity contribution is -0.303. The summed E-state index contributed by atoms with van der Waals surface area (Å²) in [6.07, 6.45) is -5.45. The lowest BCUT2D eigenvalue weighted by Crippen LogP contribution is -2.65. The van der Waals surface area contributed by atoms with Crippen LogP contribution in [-0.4, -0.2) is 78.7 Å².